The number of hydrogen-bond acceptors (Lipinski definition) is 3. The minimum atomic E-state index is -3.06. The topological polar surface area (TPSA) is 57.6 Å². The van der Waals surface area contributed by atoms with Crippen molar-refractivity contribution in [2.24, 2.45) is 5.92 Å². The molecule has 1 rings (SSSR count). The van der Waals surface area contributed by atoms with Gasteiger partial charge in [0.25, 0.3) is 0 Å². The van der Waals surface area contributed by atoms with Gasteiger partial charge in [-0.15, -0.1) is 0 Å². The molecule has 14 heavy (non-hydrogen) atoms. The van der Waals surface area contributed by atoms with Gasteiger partial charge < -0.3 is 5.11 Å². The second-order valence-corrected chi connectivity index (χ2v) is 5.80. The van der Waals surface area contributed by atoms with Gasteiger partial charge in [0, 0.05) is 19.7 Å². The first-order chi connectivity index (χ1) is 6.60. The second kappa shape index (κ2) is 5.09. The zero-order chi connectivity index (χ0) is 10.6. The first kappa shape index (κ1) is 11.9. The highest BCUT2D eigenvalue weighted by atomic mass is 32.2. The fourth-order valence-electron chi connectivity index (χ4n) is 1.43. The van der Waals surface area contributed by atoms with Crippen LogP contribution < -0.4 is 0 Å². The summed E-state index contributed by atoms with van der Waals surface area (Å²) in [4.78, 5) is 0. The fourth-order valence-corrected chi connectivity index (χ4v) is 3.37. The number of sulfonamides is 1. The number of hydrogen-bond donors (Lipinski definition) is 1. The summed E-state index contributed by atoms with van der Waals surface area (Å²) < 4.78 is 25.0. The summed E-state index contributed by atoms with van der Waals surface area (Å²) in [5.41, 5.74) is 0. The average molecular weight is 221 g/mol. The Balaban J connectivity index is 2.47. The lowest BCUT2D eigenvalue weighted by atomic mass is 10.4. The summed E-state index contributed by atoms with van der Waals surface area (Å²) in [7, 11) is -3.06. The van der Waals surface area contributed by atoms with Crippen molar-refractivity contribution in [3.8, 4) is 0 Å². The minimum Gasteiger partial charge on any atom is -0.396 e. The van der Waals surface area contributed by atoms with E-state index < -0.39 is 10.0 Å². The lowest BCUT2D eigenvalue weighted by Gasteiger charge is -2.19. The molecule has 0 bridgehead atoms. The monoisotopic (exact) mass is 221 g/mol. The van der Waals surface area contributed by atoms with Crippen LogP contribution >= 0.6 is 0 Å². The van der Waals surface area contributed by atoms with Crippen molar-refractivity contribution in [3.63, 3.8) is 0 Å². The molecule has 0 saturated heterocycles. The molecule has 4 nitrogen and oxygen atoms in total. The van der Waals surface area contributed by atoms with Crippen LogP contribution in [0.1, 0.15) is 26.2 Å². The molecule has 0 spiro atoms. The van der Waals surface area contributed by atoms with E-state index in [0.717, 1.165) is 12.8 Å². The maximum absolute atomic E-state index is 11.8. The molecule has 1 aliphatic rings. The highest BCUT2D eigenvalue weighted by Crippen LogP contribution is 2.31. The number of aliphatic hydroxyl groups excluding tert-OH is 1. The molecule has 1 aliphatic carbocycles. The van der Waals surface area contributed by atoms with Crippen molar-refractivity contribution in [2.75, 3.05) is 25.4 Å². The summed E-state index contributed by atoms with van der Waals surface area (Å²) in [6.45, 7) is 2.84. The Bertz CT molecular complexity index is 259. The first-order valence-corrected chi connectivity index (χ1v) is 6.79. The first-order valence-electron chi connectivity index (χ1n) is 5.19. The van der Waals surface area contributed by atoms with Crippen LogP contribution in [0.25, 0.3) is 0 Å². The molecule has 0 radical (unpaired) electrons. The predicted octanol–water partition coefficient (Wildman–Crippen LogP) is 0.430. The van der Waals surface area contributed by atoms with Crippen LogP contribution in [0, 0.1) is 5.92 Å². The summed E-state index contributed by atoms with van der Waals surface area (Å²) in [6.07, 6.45) is 2.63. The third-order valence-electron chi connectivity index (χ3n) is 2.45. The van der Waals surface area contributed by atoms with Gasteiger partial charge in [-0.3, -0.25) is 0 Å². The van der Waals surface area contributed by atoms with Gasteiger partial charge in [0.1, 0.15) is 0 Å². The normalized spacial score (nSPS) is 17.6. The summed E-state index contributed by atoms with van der Waals surface area (Å²) in [5, 5.41) is 8.65. The molecule has 1 fully saturated rings. The Morgan fingerprint density at radius 2 is 2.07 bits per heavy atom. The van der Waals surface area contributed by atoms with Gasteiger partial charge in [-0.1, -0.05) is 6.92 Å². The van der Waals surface area contributed by atoms with Crippen LogP contribution in [-0.4, -0.2) is 43.3 Å². The maximum atomic E-state index is 11.8. The number of aliphatic hydroxyl groups is 1. The largest absolute Gasteiger partial charge is 0.396 e. The van der Waals surface area contributed by atoms with Gasteiger partial charge in [-0.25, -0.2) is 12.7 Å². The van der Waals surface area contributed by atoms with Crippen molar-refractivity contribution >= 4 is 10.0 Å². The zero-order valence-corrected chi connectivity index (χ0v) is 9.46. The third-order valence-corrected chi connectivity index (χ3v) is 4.58. The fraction of sp³-hybridized carbons (Fsp3) is 1.00. The van der Waals surface area contributed by atoms with E-state index in [1.165, 1.54) is 4.31 Å². The second-order valence-electron chi connectivity index (χ2n) is 3.79. The summed E-state index contributed by atoms with van der Waals surface area (Å²) >= 11 is 0. The molecule has 0 atom stereocenters. The van der Waals surface area contributed by atoms with Gasteiger partial charge in [0.2, 0.25) is 10.0 Å². The molecule has 0 aromatic heterocycles. The van der Waals surface area contributed by atoms with Crippen LogP contribution in [0.2, 0.25) is 0 Å². The van der Waals surface area contributed by atoms with Crippen LogP contribution in [-0.2, 0) is 10.0 Å². The SMILES string of the molecule is CCN(CCCO)S(=O)(=O)CC1CC1. The molecule has 0 aromatic carbocycles. The molecule has 1 saturated carbocycles. The van der Waals surface area contributed by atoms with E-state index in [9.17, 15) is 8.42 Å². The van der Waals surface area contributed by atoms with Crippen molar-refractivity contribution in [1.82, 2.24) is 4.31 Å². The predicted molar refractivity (Wildman–Crippen MR) is 55.5 cm³/mol. The number of rotatable bonds is 7. The molecular weight excluding hydrogens is 202 g/mol. The van der Waals surface area contributed by atoms with Crippen molar-refractivity contribution in [3.05, 3.63) is 0 Å². The Kier molecular flexibility index (Phi) is 4.34. The van der Waals surface area contributed by atoms with E-state index in [-0.39, 0.29) is 6.61 Å². The van der Waals surface area contributed by atoms with E-state index in [0.29, 0.717) is 31.2 Å². The average Bonchev–Trinajstić information content (AvgIpc) is 2.88. The molecule has 0 unspecified atom stereocenters. The standard InChI is InChI=1S/C9H19NO3S/c1-2-10(6-3-7-11)14(12,13)8-9-4-5-9/h9,11H,2-8H2,1H3. The molecular formula is C9H19NO3S. The van der Waals surface area contributed by atoms with Gasteiger partial charge in [0.05, 0.1) is 5.75 Å². The van der Waals surface area contributed by atoms with Gasteiger partial charge in [-0.2, -0.15) is 0 Å². The van der Waals surface area contributed by atoms with Gasteiger partial charge in [0.15, 0.2) is 0 Å². The highest BCUT2D eigenvalue weighted by molar-refractivity contribution is 7.89. The Labute approximate surface area is 86.0 Å². The van der Waals surface area contributed by atoms with Crippen molar-refractivity contribution < 1.29 is 13.5 Å². The third kappa shape index (κ3) is 3.55. The Hall–Kier alpha value is -0.130. The van der Waals surface area contributed by atoms with Gasteiger partial charge in [-0.05, 0) is 25.2 Å². The molecule has 0 heterocycles. The maximum Gasteiger partial charge on any atom is 0.214 e. The van der Waals surface area contributed by atoms with Crippen LogP contribution in [0.5, 0.6) is 0 Å². The quantitative estimate of drug-likeness (QED) is 0.678. The Morgan fingerprint density at radius 1 is 1.43 bits per heavy atom. The van der Waals surface area contributed by atoms with E-state index in [4.69, 9.17) is 5.11 Å². The van der Waals surface area contributed by atoms with Crippen molar-refractivity contribution in [1.29, 1.82) is 0 Å². The van der Waals surface area contributed by atoms with E-state index in [1.54, 1.807) is 0 Å². The molecule has 1 N–H and O–H groups in total. The van der Waals surface area contributed by atoms with Crippen molar-refractivity contribution in [2.45, 2.75) is 26.2 Å². The summed E-state index contributed by atoms with van der Waals surface area (Å²) in [6, 6.07) is 0. The zero-order valence-electron chi connectivity index (χ0n) is 8.65. The molecule has 0 amide bonds. The highest BCUT2D eigenvalue weighted by Gasteiger charge is 2.30. The Morgan fingerprint density at radius 3 is 2.50 bits per heavy atom. The lowest BCUT2D eigenvalue weighted by Crippen LogP contribution is -2.34. The molecule has 5 heteroatoms. The smallest absolute Gasteiger partial charge is 0.214 e. The molecule has 0 aromatic rings. The molecule has 84 valence electrons. The van der Waals surface area contributed by atoms with Crippen LogP contribution in [0.15, 0.2) is 0 Å². The van der Waals surface area contributed by atoms with Crippen LogP contribution in [0.4, 0.5) is 0 Å². The van der Waals surface area contributed by atoms with E-state index in [2.05, 4.69) is 0 Å². The summed E-state index contributed by atoms with van der Waals surface area (Å²) in [5.74, 6) is 0.690. The van der Waals surface area contributed by atoms with E-state index >= 15 is 0 Å². The van der Waals surface area contributed by atoms with E-state index in [1.807, 2.05) is 6.92 Å². The lowest BCUT2D eigenvalue weighted by molar-refractivity contribution is 0.271. The van der Waals surface area contributed by atoms with Gasteiger partial charge >= 0.3 is 0 Å². The van der Waals surface area contributed by atoms with Crippen LogP contribution in [0.3, 0.4) is 0 Å². The number of nitrogens with zero attached hydrogens (tertiary/aromatic N) is 1. The molecule has 0 aliphatic heterocycles. The minimum absolute atomic E-state index is 0.0510.